The van der Waals surface area contributed by atoms with E-state index >= 15 is 0 Å². The highest BCUT2D eigenvalue weighted by Crippen LogP contribution is 2.22. The first-order chi connectivity index (χ1) is 14.3. The van der Waals surface area contributed by atoms with E-state index < -0.39 is 10.0 Å². The van der Waals surface area contributed by atoms with Crippen molar-refractivity contribution < 1.29 is 17.9 Å². The van der Waals surface area contributed by atoms with E-state index in [1.54, 1.807) is 50.4 Å². The summed E-state index contributed by atoms with van der Waals surface area (Å²) in [7, 11) is -2.09. The summed E-state index contributed by atoms with van der Waals surface area (Å²) in [6.07, 6.45) is 0. The quantitative estimate of drug-likeness (QED) is 0.592. The van der Waals surface area contributed by atoms with Crippen molar-refractivity contribution in [2.24, 2.45) is 0 Å². The molecule has 7 heteroatoms. The van der Waals surface area contributed by atoms with Gasteiger partial charge in [-0.2, -0.15) is 0 Å². The molecule has 6 nitrogen and oxygen atoms in total. The summed E-state index contributed by atoms with van der Waals surface area (Å²) in [5.41, 5.74) is 2.49. The Bertz CT molecular complexity index is 1130. The molecule has 0 aromatic heterocycles. The number of anilines is 1. The van der Waals surface area contributed by atoms with E-state index in [-0.39, 0.29) is 16.8 Å². The second-order valence-electron chi connectivity index (χ2n) is 6.92. The molecular weight excluding hydrogens is 400 g/mol. The van der Waals surface area contributed by atoms with Crippen molar-refractivity contribution in [3.8, 4) is 5.75 Å². The van der Waals surface area contributed by atoms with Gasteiger partial charge in [-0.25, -0.2) is 8.42 Å². The monoisotopic (exact) mass is 424 g/mol. The van der Waals surface area contributed by atoms with Crippen LogP contribution in [0.25, 0.3) is 0 Å². The van der Waals surface area contributed by atoms with Gasteiger partial charge in [0.2, 0.25) is 0 Å². The van der Waals surface area contributed by atoms with Gasteiger partial charge in [-0.15, -0.1) is 0 Å². The van der Waals surface area contributed by atoms with Crippen LogP contribution < -0.4 is 14.8 Å². The second kappa shape index (κ2) is 9.00. The lowest BCUT2D eigenvalue weighted by Gasteiger charge is -2.16. The van der Waals surface area contributed by atoms with Crippen LogP contribution in [-0.2, 0) is 10.0 Å². The predicted octanol–water partition coefficient (Wildman–Crippen LogP) is 4.30. The number of amides is 1. The van der Waals surface area contributed by atoms with Crippen LogP contribution in [0.1, 0.15) is 34.5 Å². The first-order valence-corrected chi connectivity index (χ1v) is 10.9. The van der Waals surface area contributed by atoms with E-state index in [4.69, 9.17) is 4.74 Å². The Morgan fingerprint density at radius 3 is 2.23 bits per heavy atom. The first kappa shape index (κ1) is 21.4. The van der Waals surface area contributed by atoms with Gasteiger partial charge in [0.05, 0.1) is 23.7 Å². The molecule has 0 fully saturated rings. The number of ether oxygens (including phenoxy) is 1. The molecule has 0 aliphatic rings. The predicted molar refractivity (Wildman–Crippen MR) is 117 cm³/mol. The summed E-state index contributed by atoms with van der Waals surface area (Å²) < 4.78 is 32.8. The molecule has 0 saturated carbocycles. The Kier molecular flexibility index (Phi) is 6.42. The molecule has 3 aromatic rings. The average molecular weight is 425 g/mol. The number of carbonyl (C=O) groups is 1. The van der Waals surface area contributed by atoms with Gasteiger partial charge in [0, 0.05) is 5.56 Å². The number of sulfonamides is 1. The molecular formula is C23H24N2O4S. The fourth-order valence-corrected chi connectivity index (χ4v) is 4.13. The number of rotatable bonds is 7. The topological polar surface area (TPSA) is 84.5 Å². The molecule has 30 heavy (non-hydrogen) atoms. The molecule has 1 amide bonds. The highest BCUT2D eigenvalue weighted by atomic mass is 32.2. The van der Waals surface area contributed by atoms with E-state index in [2.05, 4.69) is 10.0 Å². The van der Waals surface area contributed by atoms with Crippen molar-refractivity contribution >= 4 is 21.6 Å². The molecule has 3 rings (SSSR count). The third kappa shape index (κ3) is 4.99. The van der Waals surface area contributed by atoms with E-state index in [1.807, 2.05) is 31.2 Å². The van der Waals surface area contributed by atoms with Gasteiger partial charge >= 0.3 is 0 Å². The lowest BCUT2D eigenvalue weighted by Crippen LogP contribution is -2.26. The van der Waals surface area contributed by atoms with Crippen LogP contribution in [0.15, 0.2) is 77.7 Å². The van der Waals surface area contributed by atoms with Crippen LogP contribution in [-0.4, -0.2) is 21.4 Å². The van der Waals surface area contributed by atoms with Crippen molar-refractivity contribution in [2.75, 3.05) is 11.8 Å². The molecule has 0 aliphatic carbocycles. The zero-order chi connectivity index (χ0) is 21.7. The van der Waals surface area contributed by atoms with Gasteiger partial charge in [-0.3, -0.25) is 9.52 Å². The fourth-order valence-electron chi connectivity index (χ4n) is 2.98. The average Bonchev–Trinajstić information content (AvgIpc) is 2.75. The highest BCUT2D eigenvalue weighted by molar-refractivity contribution is 7.92. The summed E-state index contributed by atoms with van der Waals surface area (Å²) in [5, 5.41) is 2.95. The van der Waals surface area contributed by atoms with Gasteiger partial charge in [-0.1, -0.05) is 30.3 Å². The summed E-state index contributed by atoms with van der Waals surface area (Å²) in [4.78, 5) is 12.8. The van der Waals surface area contributed by atoms with Crippen molar-refractivity contribution in [1.82, 2.24) is 5.32 Å². The largest absolute Gasteiger partial charge is 0.497 e. The third-order valence-electron chi connectivity index (χ3n) is 4.75. The maximum absolute atomic E-state index is 12.6. The standard InChI is InChI=1S/C23H24N2O4S/c1-16-15-19(23(26)24-17(2)18-9-12-20(29-3)13-10-18)11-14-22(16)25-30(27,28)21-7-5-4-6-8-21/h4-15,17,25H,1-3H3,(H,24,26)/t17-/m0/s1. The zero-order valence-electron chi connectivity index (χ0n) is 17.0. The molecule has 0 saturated heterocycles. The fraction of sp³-hybridized carbons (Fsp3) is 0.174. The summed E-state index contributed by atoms with van der Waals surface area (Å²) in [6.45, 7) is 3.65. The lowest BCUT2D eigenvalue weighted by atomic mass is 10.1. The summed E-state index contributed by atoms with van der Waals surface area (Å²) in [6, 6.07) is 20.3. The number of hydrogen-bond acceptors (Lipinski definition) is 4. The van der Waals surface area contributed by atoms with E-state index in [9.17, 15) is 13.2 Å². The summed E-state index contributed by atoms with van der Waals surface area (Å²) in [5.74, 6) is 0.514. The van der Waals surface area contributed by atoms with E-state index in [0.29, 0.717) is 16.8 Å². The minimum Gasteiger partial charge on any atom is -0.497 e. The third-order valence-corrected chi connectivity index (χ3v) is 6.13. The Hall–Kier alpha value is -3.32. The molecule has 0 bridgehead atoms. The van der Waals surface area contributed by atoms with Crippen LogP contribution in [0.5, 0.6) is 5.75 Å². The number of aryl methyl sites for hydroxylation is 1. The highest BCUT2D eigenvalue weighted by Gasteiger charge is 2.17. The van der Waals surface area contributed by atoms with E-state index in [0.717, 1.165) is 11.3 Å². The van der Waals surface area contributed by atoms with Gasteiger partial charge < -0.3 is 10.1 Å². The molecule has 3 aromatic carbocycles. The lowest BCUT2D eigenvalue weighted by molar-refractivity contribution is 0.0940. The van der Waals surface area contributed by atoms with Crippen LogP contribution in [0.2, 0.25) is 0 Å². The van der Waals surface area contributed by atoms with Gasteiger partial charge in [0.1, 0.15) is 5.75 Å². The SMILES string of the molecule is COc1ccc([C@H](C)NC(=O)c2ccc(NS(=O)(=O)c3ccccc3)c(C)c2)cc1. The van der Waals surface area contributed by atoms with Crippen LogP contribution in [0.3, 0.4) is 0 Å². The maximum Gasteiger partial charge on any atom is 0.261 e. The number of methoxy groups -OCH3 is 1. The molecule has 2 N–H and O–H groups in total. The Balaban J connectivity index is 1.71. The molecule has 0 radical (unpaired) electrons. The maximum atomic E-state index is 12.6. The van der Waals surface area contributed by atoms with Gasteiger partial charge in [0.15, 0.2) is 0 Å². The van der Waals surface area contributed by atoms with E-state index in [1.165, 1.54) is 12.1 Å². The van der Waals surface area contributed by atoms with Crippen LogP contribution >= 0.6 is 0 Å². The number of hydrogen-bond donors (Lipinski definition) is 2. The van der Waals surface area contributed by atoms with Crippen LogP contribution in [0, 0.1) is 6.92 Å². The summed E-state index contributed by atoms with van der Waals surface area (Å²) >= 11 is 0. The molecule has 1 atom stereocenters. The van der Waals surface area contributed by atoms with Crippen LogP contribution in [0.4, 0.5) is 5.69 Å². The normalized spacial score (nSPS) is 12.1. The minimum absolute atomic E-state index is 0.180. The van der Waals surface area contributed by atoms with Crippen molar-refractivity contribution in [2.45, 2.75) is 24.8 Å². The van der Waals surface area contributed by atoms with Crippen molar-refractivity contribution in [3.63, 3.8) is 0 Å². The molecule has 0 spiro atoms. The molecule has 0 aliphatic heterocycles. The smallest absolute Gasteiger partial charge is 0.261 e. The number of benzene rings is 3. The Morgan fingerprint density at radius 1 is 0.967 bits per heavy atom. The Labute approximate surface area is 177 Å². The second-order valence-corrected chi connectivity index (χ2v) is 8.60. The molecule has 0 unspecified atom stereocenters. The first-order valence-electron chi connectivity index (χ1n) is 9.43. The van der Waals surface area contributed by atoms with Gasteiger partial charge in [-0.05, 0) is 67.4 Å². The minimum atomic E-state index is -3.69. The van der Waals surface area contributed by atoms with Crippen molar-refractivity contribution in [3.05, 3.63) is 89.5 Å². The molecule has 0 heterocycles. The van der Waals surface area contributed by atoms with Crippen molar-refractivity contribution in [1.29, 1.82) is 0 Å². The number of nitrogens with one attached hydrogen (secondary N) is 2. The molecule has 156 valence electrons. The number of carbonyl (C=O) groups excluding carboxylic acids is 1. The zero-order valence-corrected chi connectivity index (χ0v) is 17.9. The van der Waals surface area contributed by atoms with Gasteiger partial charge in [0.25, 0.3) is 15.9 Å². The Morgan fingerprint density at radius 2 is 1.63 bits per heavy atom.